The molecule has 0 aromatic carbocycles. The molecule has 1 aliphatic rings. The molecule has 2 bridgehead atoms. The third kappa shape index (κ3) is 5.86. The highest BCUT2D eigenvalue weighted by molar-refractivity contribution is 7.09. The summed E-state index contributed by atoms with van der Waals surface area (Å²) in [4.78, 5) is 54.2. The van der Waals surface area contributed by atoms with Crippen LogP contribution in [0.2, 0.25) is 0 Å². The monoisotopic (exact) mass is 422 g/mol. The van der Waals surface area contributed by atoms with Crippen molar-refractivity contribution in [3.8, 4) is 0 Å². The molecule has 3 amide bonds. The quantitative estimate of drug-likeness (QED) is 0.480. The normalized spacial score (nSPS) is 23.6. The Morgan fingerprint density at radius 2 is 2.00 bits per heavy atom. The zero-order valence-corrected chi connectivity index (χ0v) is 17.7. The summed E-state index contributed by atoms with van der Waals surface area (Å²) in [5.41, 5.74) is -1.15. The number of fused-ring (bicyclic) bond motifs is 2. The van der Waals surface area contributed by atoms with Crippen molar-refractivity contribution in [2.75, 3.05) is 0 Å². The van der Waals surface area contributed by atoms with Gasteiger partial charge in [-0.25, -0.2) is 9.78 Å². The van der Waals surface area contributed by atoms with Gasteiger partial charge in [0, 0.05) is 5.38 Å². The van der Waals surface area contributed by atoms with Gasteiger partial charge in [-0.2, -0.15) is 0 Å². The first-order chi connectivity index (χ1) is 13.5. The highest BCUT2D eigenvalue weighted by atomic mass is 32.1. The van der Waals surface area contributed by atoms with Crippen molar-refractivity contribution in [3.05, 3.63) is 28.7 Å². The number of thiazole rings is 1. The van der Waals surface area contributed by atoms with Gasteiger partial charge in [0.05, 0.1) is 13.0 Å². The number of hydrogen-bond acceptors (Lipinski definition) is 7. The molecule has 2 heterocycles. The van der Waals surface area contributed by atoms with Crippen LogP contribution in [0.15, 0.2) is 18.0 Å². The zero-order valence-electron chi connectivity index (χ0n) is 16.9. The van der Waals surface area contributed by atoms with E-state index in [1.807, 2.05) is 0 Å². The minimum absolute atomic E-state index is 0.113. The van der Waals surface area contributed by atoms with Gasteiger partial charge < -0.3 is 20.7 Å². The lowest BCUT2D eigenvalue weighted by molar-refractivity contribution is -0.153. The topological polar surface area (TPSA) is 126 Å². The Labute approximate surface area is 173 Å². The van der Waals surface area contributed by atoms with Crippen molar-refractivity contribution in [2.24, 2.45) is 5.92 Å². The third-order valence-corrected chi connectivity index (χ3v) is 5.19. The maximum Gasteiger partial charge on any atom is 0.329 e. The van der Waals surface area contributed by atoms with Gasteiger partial charge in [-0.1, -0.05) is 26.5 Å². The van der Waals surface area contributed by atoms with Crippen molar-refractivity contribution in [1.29, 1.82) is 0 Å². The van der Waals surface area contributed by atoms with Crippen molar-refractivity contribution in [1.82, 2.24) is 20.9 Å². The maximum atomic E-state index is 12.8. The standard InChI is InChI=1S/C19H26N4O5S/c1-6-11-7-13(24)20-8-14-21-12(9-29-14)16(25)23-19(4,5)18(27)22-15(10(2)3)17(26)28-11/h6,9-11,15H,1,7-8H2,2-5H3,(H,20,24)(H,22,27)(H,23,25)/t11-,15+/m1/s1. The summed E-state index contributed by atoms with van der Waals surface area (Å²) in [5, 5.41) is 10.0. The van der Waals surface area contributed by atoms with Gasteiger partial charge in [-0.05, 0) is 19.8 Å². The molecule has 0 saturated carbocycles. The first-order valence-corrected chi connectivity index (χ1v) is 10.1. The fourth-order valence-corrected chi connectivity index (χ4v) is 3.26. The molecule has 0 aliphatic carbocycles. The molecule has 0 spiro atoms. The number of nitrogens with one attached hydrogen (secondary N) is 3. The second-order valence-electron chi connectivity index (χ2n) is 7.59. The SMILES string of the molecule is C=C[C@@H]1CC(=O)NCc2nc(cs2)C(=O)NC(C)(C)C(=O)N[C@@H](C(C)C)C(=O)O1. The van der Waals surface area contributed by atoms with Crippen LogP contribution < -0.4 is 16.0 Å². The molecule has 29 heavy (non-hydrogen) atoms. The van der Waals surface area contributed by atoms with Gasteiger partial charge in [-0.15, -0.1) is 11.3 Å². The second-order valence-corrected chi connectivity index (χ2v) is 8.54. The fraction of sp³-hybridized carbons (Fsp3) is 0.526. The number of rotatable bonds is 2. The zero-order chi connectivity index (χ0) is 21.8. The number of amides is 3. The Morgan fingerprint density at radius 3 is 2.62 bits per heavy atom. The summed E-state index contributed by atoms with van der Waals surface area (Å²) in [6, 6.07) is -0.956. The number of ether oxygens (including phenoxy) is 1. The van der Waals surface area contributed by atoms with Gasteiger partial charge in [0.25, 0.3) is 5.91 Å². The van der Waals surface area contributed by atoms with Gasteiger partial charge in [0.1, 0.15) is 28.4 Å². The first kappa shape index (κ1) is 22.5. The molecule has 1 aromatic heterocycles. The average Bonchev–Trinajstić information content (AvgIpc) is 3.11. The van der Waals surface area contributed by atoms with Crippen LogP contribution in [-0.4, -0.2) is 46.4 Å². The third-order valence-electron chi connectivity index (χ3n) is 4.34. The van der Waals surface area contributed by atoms with Crippen LogP contribution in [-0.2, 0) is 25.7 Å². The molecule has 2 rings (SSSR count). The number of esters is 1. The van der Waals surface area contributed by atoms with Gasteiger partial charge >= 0.3 is 5.97 Å². The van der Waals surface area contributed by atoms with Gasteiger partial charge in [0.2, 0.25) is 11.8 Å². The number of cyclic esters (lactones) is 1. The van der Waals surface area contributed by atoms with E-state index in [0.29, 0.717) is 5.01 Å². The molecule has 1 aliphatic heterocycles. The Kier molecular flexibility index (Phi) is 7.12. The summed E-state index contributed by atoms with van der Waals surface area (Å²) in [6.45, 7) is 10.3. The van der Waals surface area contributed by atoms with Crippen LogP contribution in [0.5, 0.6) is 0 Å². The average molecular weight is 423 g/mol. The summed E-state index contributed by atoms with van der Waals surface area (Å²) in [7, 11) is 0. The van der Waals surface area contributed by atoms with Crippen molar-refractivity contribution < 1.29 is 23.9 Å². The van der Waals surface area contributed by atoms with Crippen LogP contribution in [0.1, 0.15) is 49.6 Å². The smallest absolute Gasteiger partial charge is 0.329 e. The molecule has 10 heteroatoms. The highest BCUT2D eigenvalue weighted by Crippen LogP contribution is 2.14. The summed E-state index contributed by atoms with van der Waals surface area (Å²) < 4.78 is 5.38. The molecule has 1 aromatic rings. The molecule has 0 saturated heterocycles. The van der Waals surface area contributed by atoms with E-state index >= 15 is 0 Å². The molecule has 2 atom stereocenters. The van der Waals surface area contributed by atoms with E-state index in [1.54, 1.807) is 19.2 Å². The van der Waals surface area contributed by atoms with Gasteiger partial charge in [0.15, 0.2) is 0 Å². The Morgan fingerprint density at radius 1 is 1.31 bits per heavy atom. The second kappa shape index (κ2) is 9.17. The van der Waals surface area contributed by atoms with Crippen LogP contribution in [0.25, 0.3) is 0 Å². The van der Waals surface area contributed by atoms with E-state index in [0.717, 1.165) is 0 Å². The summed E-state index contributed by atoms with van der Waals surface area (Å²) in [6.07, 6.45) is 0.414. The van der Waals surface area contributed by atoms with Crippen LogP contribution in [0, 0.1) is 5.92 Å². The molecule has 9 nitrogen and oxygen atoms in total. The minimum atomic E-state index is -1.29. The molecule has 0 fully saturated rings. The predicted octanol–water partition coefficient (Wildman–Crippen LogP) is 0.910. The fourth-order valence-electron chi connectivity index (χ4n) is 2.55. The molecule has 158 valence electrons. The van der Waals surface area contributed by atoms with Crippen LogP contribution >= 0.6 is 11.3 Å². The van der Waals surface area contributed by atoms with Gasteiger partial charge in [-0.3, -0.25) is 14.4 Å². The number of aromatic nitrogens is 1. The van der Waals surface area contributed by atoms with E-state index < -0.39 is 35.5 Å². The molecular weight excluding hydrogens is 396 g/mol. The number of carbonyl (C=O) groups is 4. The first-order valence-electron chi connectivity index (χ1n) is 9.21. The predicted molar refractivity (Wildman–Crippen MR) is 107 cm³/mol. The maximum absolute atomic E-state index is 12.8. The van der Waals surface area contributed by atoms with E-state index in [2.05, 4.69) is 27.5 Å². The van der Waals surface area contributed by atoms with Crippen molar-refractivity contribution in [3.63, 3.8) is 0 Å². The molecular formula is C19H26N4O5S. The summed E-state index contributed by atoms with van der Waals surface area (Å²) >= 11 is 1.21. The number of nitrogens with zero attached hydrogens (tertiary/aromatic N) is 1. The Balaban J connectivity index is 2.35. The van der Waals surface area contributed by atoms with Crippen LogP contribution in [0.4, 0.5) is 0 Å². The van der Waals surface area contributed by atoms with E-state index in [9.17, 15) is 19.2 Å². The van der Waals surface area contributed by atoms with E-state index in [1.165, 1.54) is 31.3 Å². The lowest BCUT2D eigenvalue weighted by Gasteiger charge is -2.29. The largest absolute Gasteiger partial charge is 0.456 e. The van der Waals surface area contributed by atoms with E-state index in [4.69, 9.17) is 4.74 Å². The van der Waals surface area contributed by atoms with Crippen molar-refractivity contribution in [2.45, 2.75) is 58.3 Å². The van der Waals surface area contributed by atoms with Crippen LogP contribution in [0.3, 0.4) is 0 Å². The molecule has 0 unspecified atom stereocenters. The number of hydrogen-bond donors (Lipinski definition) is 3. The minimum Gasteiger partial charge on any atom is -0.456 e. The van der Waals surface area contributed by atoms with Crippen molar-refractivity contribution >= 4 is 35.0 Å². The molecule has 3 N–H and O–H groups in total. The lowest BCUT2D eigenvalue weighted by atomic mass is 9.99. The highest BCUT2D eigenvalue weighted by Gasteiger charge is 2.36. The summed E-state index contributed by atoms with van der Waals surface area (Å²) in [5.74, 6) is -2.39. The number of carbonyl (C=O) groups excluding carboxylic acids is 4. The Hall–Kier alpha value is -2.75. The van der Waals surface area contributed by atoms with E-state index in [-0.39, 0.29) is 30.5 Å². The molecule has 0 radical (unpaired) electrons. The lowest BCUT2D eigenvalue weighted by Crippen LogP contribution is -2.59. The Bertz CT molecular complexity index is 817.